The van der Waals surface area contributed by atoms with Crippen LogP contribution in [0.15, 0.2) is 10.6 Å². The predicted octanol–water partition coefficient (Wildman–Crippen LogP) is 1.47. The second-order valence-electron chi connectivity index (χ2n) is 5.46. The van der Waals surface area contributed by atoms with E-state index in [1.165, 1.54) is 0 Å². The molecule has 0 atom stereocenters. The minimum atomic E-state index is -0.915. The molecule has 0 bridgehead atoms. The van der Waals surface area contributed by atoms with Gasteiger partial charge in [-0.25, -0.2) is 0 Å². The fraction of sp³-hybridized carbons (Fsp3) is 0.615. The summed E-state index contributed by atoms with van der Waals surface area (Å²) < 4.78 is 4.87. The van der Waals surface area contributed by atoms with Gasteiger partial charge in [0.05, 0.1) is 0 Å². The summed E-state index contributed by atoms with van der Waals surface area (Å²) >= 11 is 0. The molecule has 1 saturated carbocycles. The summed E-state index contributed by atoms with van der Waals surface area (Å²) in [6.07, 6.45) is 1.17. The molecule has 19 heavy (non-hydrogen) atoms. The summed E-state index contributed by atoms with van der Waals surface area (Å²) in [5.41, 5.74) is -0.915. The quantitative estimate of drug-likeness (QED) is 0.790. The van der Waals surface area contributed by atoms with Gasteiger partial charge in [0.2, 0.25) is 11.8 Å². The van der Waals surface area contributed by atoms with Crippen LogP contribution in [-0.4, -0.2) is 23.5 Å². The molecule has 104 valence electrons. The lowest BCUT2D eigenvalue weighted by Crippen LogP contribution is -2.41. The van der Waals surface area contributed by atoms with Crippen molar-refractivity contribution in [1.82, 2.24) is 10.5 Å². The van der Waals surface area contributed by atoms with E-state index < -0.39 is 5.41 Å². The van der Waals surface area contributed by atoms with Crippen molar-refractivity contribution in [2.24, 2.45) is 11.3 Å². The van der Waals surface area contributed by atoms with E-state index in [0.29, 0.717) is 36.9 Å². The van der Waals surface area contributed by atoms with Crippen molar-refractivity contribution in [3.8, 4) is 0 Å². The lowest BCUT2D eigenvalue weighted by atomic mass is 10.0. The molecule has 2 amide bonds. The second-order valence-corrected chi connectivity index (χ2v) is 5.46. The number of hydrogen-bond acceptors (Lipinski definition) is 4. The van der Waals surface area contributed by atoms with Crippen LogP contribution in [0.2, 0.25) is 0 Å². The van der Waals surface area contributed by atoms with Crippen LogP contribution < -0.4 is 10.6 Å². The molecule has 2 rings (SSSR count). The van der Waals surface area contributed by atoms with Crippen LogP contribution in [0.3, 0.4) is 0 Å². The first-order chi connectivity index (χ1) is 8.94. The summed E-state index contributed by atoms with van der Waals surface area (Å²) in [5.74, 6) is 0.830. The number of nitrogens with one attached hydrogen (secondary N) is 2. The number of rotatable bonds is 5. The maximum atomic E-state index is 12.1. The van der Waals surface area contributed by atoms with Gasteiger partial charge < -0.3 is 15.2 Å². The van der Waals surface area contributed by atoms with Gasteiger partial charge in [-0.1, -0.05) is 19.0 Å². The van der Waals surface area contributed by atoms with E-state index in [-0.39, 0.29) is 11.8 Å². The normalized spacial score (nSPS) is 16.2. The molecular formula is C13H19N3O3. The van der Waals surface area contributed by atoms with Gasteiger partial charge in [-0.15, -0.1) is 0 Å². The summed E-state index contributed by atoms with van der Waals surface area (Å²) in [4.78, 5) is 24.2. The van der Waals surface area contributed by atoms with Gasteiger partial charge in [-0.2, -0.15) is 0 Å². The van der Waals surface area contributed by atoms with Crippen molar-refractivity contribution in [1.29, 1.82) is 0 Å². The molecule has 1 aromatic heterocycles. The number of amides is 2. The summed E-state index contributed by atoms with van der Waals surface area (Å²) in [6, 6.07) is 1.63. The maximum Gasteiger partial charge on any atom is 0.241 e. The number of nitrogens with zero attached hydrogens (tertiary/aromatic N) is 1. The van der Waals surface area contributed by atoms with Gasteiger partial charge in [0.15, 0.2) is 5.82 Å². The van der Waals surface area contributed by atoms with Crippen LogP contribution in [0.4, 0.5) is 5.82 Å². The topological polar surface area (TPSA) is 84.2 Å². The van der Waals surface area contributed by atoms with Crippen molar-refractivity contribution in [2.75, 3.05) is 11.9 Å². The van der Waals surface area contributed by atoms with Gasteiger partial charge in [-0.05, 0) is 25.7 Å². The molecule has 1 aromatic rings. The molecular weight excluding hydrogens is 246 g/mol. The Labute approximate surface area is 111 Å². The van der Waals surface area contributed by atoms with Crippen molar-refractivity contribution in [3.63, 3.8) is 0 Å². The lowest BCUT2D eigenvalue weighted by Gasteiger charge is -2.15. The van der Waals surface area contributed by atoms with Gasteiger partial charge in [0.1, 0.15) is 11.2 Å². The minimum Gasteiger partial charge on any atom is -0.360 e. The number of aryl methyl sites for hydroxylation is 1. The zero-order chi connectivity index (χ0) is 14.0. The maximum absolute atomic E-state index is 12.1. The highest BCUT2D eigenvalue weighted by Gasteiger charge is 2.56. The van der Waals surface area contributed by atoms with E-state index in [9.17, 15) is 9.59 Å². The second kappa shape index (κ2) is 5.03. The number of hydrogen-bond donors (Lipinski definition) is 2. The smallest absolute Gasteiger partial charge is 0.241 e. The molecule has 1 aliphatic carbocycles. The first-order valence-corrected chi connectivity index (χ1v) is 6.47. The Morgan fingerprint density at radius 3 is 2.58 bits per heavy atom. The van der Waals surface area contributed by atoms with Crippen molar-refractivity contribution >= 4 is 17.6 Å². The van der Waals surface area contributed by atoms with Gasteiger partial charge in [0.25, 0.3) is 0 Å². The molecule has 2 N–H and O–H groups in total. The molecule has 0 radical (unpaired) electrons. The SMILES string of the molecule is Cc1cc(NC(=O)C2(C(=O)NCC(C)C)CC2)no1. The van der Waals surface area contributed by atoms with E-state index in [4.69, 9.17) is 4.52 Å². The van der Waals surface area contributed by atoms with Crippen LogP contribution in [0, 0.1) is 18.3 Å². The average molecular weight is 265 g/mol. The molecule has 1 fully saturated rings. The van der Waals surface area contributed by atoms with Gasteiger partial charge in [0, 0.05) is 12.6 Å². The molecule has 6 heteroatoms. The van der Waals surface area contributed by atoms with Crippen LogP contribution in [0.25, 0.3) is 0 Å². The molecule has 0 aromatic carbocycles. The molecule has 6 nitrogen and oxygen atoms in total. The monoisotopic (exact) mass is 265 g/mol. The molecule has 0 aliphatic heterocycles. The molecule has 0 unspecified atom stereocenters. The van der Waals surface area contributed by atoms with Crippen LogP contribution in [-0.2, 0) is 9.59 Å². The Morgan fingerprint density at radius 2 is 2.11 bits per heavy atom. The highest BCUT2D eigenvalue weighted by Crippen LogP contribution is 2.46. The summed E-state index contributed by atoms with van der Waals surface area (Å²) in [5, 5.41) is 9.13. The van der Waals surface area contributed by atoms with E-state index in [1.807, 2.05) is 13.8 Å². The molecule has 1 aliphatic rings. The lowest BCUT2D eigenvalue weighted by molar-refractivity contribution is -0.134. The average Bonchev–Trinajstić information content (AvgIpc) is 3.06. The fourth-order valence-corrected chi connectivity index (χ4v) is 1.81. The zero-order valence-corrected chi connectivity index (χ0v) is 11.4. The fourth-order valence-electron chi connectivity index (χ4n) is 1.81. The predicted molar refractivity (Wildman–Crippen MR) is 69.4 cm³/mol. The Bertz CT molecular complexity index is 489. The number of carbonyl (C=O) groups excluding carboxylic acids is 2. The Hall–Kier alpha value is -1.85. The standard InChI is InChI=1S/C13H19N3O3/c1-8(2)7-14-11(17)13(4-5-13)12(18)15-10-6-9(3)19-16-10/h6,8H,4-5,7H2,1-3H3,(H,14,17)(H,15,16,18). The van der Waals surface area contributed by atoms with E-state index in [0.717, 1.165) is 0 Å². The van der Waals surface area contributed by atoms with Crippen LogP contribution in [0.1, 0.15) is 32.4 Å². The van der Waals surface area contributed by atoms with Crippen molar-refractivity contribution < 1.29 is 14.1 Å². The van der Waals surface area contributed by atoms with E-state index in [2.05, 4.69) is 15.8 Å². The first kappa shape index (κ1) is 13.6. The highest BCUT2D eigenvalue weighted by atomic mass is 16.5. The number of aromatic nitrogens is 1. The number of anilines is 1. The third-order valence-corrected chi connectivity index (χ3v) is 3.16. The summed E-state index contributed by atoms with van der Waals surface area (Å²) in [6.45, 7) is 6.35. The molecule has 0 spiro atoms. The largest absolute Gasteiger partial charge is 0.360 e. The zero-order valence-electron chi connectivity index (χ0n) is 11.4. The van der Waals surface area contributed by atoms with Crippen LogP contribution in [0.5, 0.6) is 0 Å². The third kappa shape index (κ3) is 2.94. The van der Waals surface area contributed by atoms with Gasteiger partial charge in [-0.3, -0.25) is 9.59 Å². The minimum absolute atomic E-state index is 0.195. The molecule has 0 saturated heterocycles. The van der Waals surface area contributed by atoms with Crippen molar-refractivity contribution in [3.05, 3.63) is 11.8 Å². The summed E-state index contributed by atoms with van der Waals surface area (Å²) in [7, 11) is 0. The Balaban J connectivity index is 1.96. The number of carbonyl (C=O) groups is 2. The Morgan fingerprint density at radius 1 is 1.42 bits per heavy atom. The van der Waals surface area contributed by atoms with Crippen LogP contribution >= 0.6 is 0 Å². The van der Waals surface area contributed by atoms with E-state index >= 15 is 0 Å². The van der Waals surface area contributed by atoms with Crippen molar-refractivity contribution in [2.45, 2.75) is 33.6 Å². The molecule has 1 heterocycles. The first-order valence-electron chi connectivity index (χ1n) is 6.47. The van der Waals surface area contributed by atoms with E-state index in [1.54, 1.807) is 13.0 Å². The Kier molecular flexibility index (Phi) is 3.59. The highest BCUT2D eigenvalue weighted by molar-refractivity contribution is 6.12. The third-order valence-electron chi connectivity index (χ3n) is 3.16. The van der Waals surface area contributed by atoms with Gasteiger partial charge >= 0.3 is 0 Å².